The Bertz CT molecular complexity index is 645. The van der Waals surface area contributed by atoms with Crippen molar-refractivity contribution in [3.05, 3.63) is 12.2 Å². The Balaban J connectivity index is 1.60. The van der Waals surface area contributed by atoms with Crippen LogP contribution < -0.4 is 0 Å². The summed E-state index contributed by atoms with van der Waals surface area (Å²) >= 11 is 0. The predicted molar refractivity (Wildman–Crippen MR) is 109 cm³/mol. The number of hydrogen-bond acceptors (Lipinski definition) is 3. The van der Waals surface area contributed by atoms with E-state index in [2.05, 4.69) is 32.9 Å². The number of carboxylic acids is 1. The Morgan fingerprint density at radius 1 is 1.14 bits per heavy atom. The summed E-state index contributed by atoms with van der Waals surface area (Å²) in [6.45, 7) is 6.99. The van der Waals surface area contributed by atoms with E-state index in [4.69, 9.17) is 5.11 Å². The van der Waals surface area contributed by atoms with Crippen molar-refractivity contribution >= 4 is 5.97 Å². The molecule has 0 radical (unpaired) electrons. The minimum absolute atomic E-state index is 0.0897. The smallest absolute Gasteiger partial charge is 0.303 e. The number of hydrogen-bond donors (Lipinski definition) is 3. The highest BCUT2D eigenvalue weighted by Gasteiger charge is 2.60. The van der Waals surface area contributed by atoms with Crippen molar-refractivity contribution in [2.45, 2.75) is 84.3 Å². The third kappa shape index (κ3) is 3.06. The third-order valence-corrected chi connectivity index (χ3v) is 9.66. The van der Waals surface area contributed by atoms with Crippen molar-refractivity contribution in [3.63, 3.8) is 0 Å². The summed E-state index contributed by atoms with van der Waals surface area (Å²) in [4.78, 5) is 11.0. The minimum atomic E-state index is -0.695. The van der Waals surface area contributed by atoms with Gasteiger partial charge in [0.1, 0.15) is 0 Å². The van der Waals surface area contributed by atoms with Crippen LogP contribution in [0.1, 0.15) is 72.1 Å². The molecule has 4 rings (SSSR count). The van der Waals surface area contributed by atoms with E-state index in [-0.39, 0.29) is 35.4 Å². The SMILES string of the molecule is C[C@H](CCC(=O)O)[C@H]1CC[C@H]2[C@@H]3C[C@@H](O)[C@@H]4C[C@H](O)CC[C@]4(C)[C@H]3C=C[C@]12C. The zero-order valence-electron chi connectivity index (χ0n) is 17.7. The van der Waals surface area contributed by atoms with Crippen LogP contribution in [0.5, 0.6) is 0 Å². The lowest BCUT2D eigenvalue weighted by Gasteiger charge is -2.60. The first-order valence-corrected chi connectivity index (χ1v) is 11.4. The number of aliphatic hydroxyl groups is 2. The molecule has 4 heteroatoms. The average molecular weight is 391 g/mol. The summed E-state index contributed by atoms with van der Waals surface area (Å²) < 4.78 is 0. The van der Waals surface area contributed by atoms with E-state index in [0.717, 1.165) is 32.1 Å². The van der Waals surface area contributed by atoms with Crippen LogP contribution in [0.25, 0.3) is 0 Å². The fraction of sp³-hybridized carbons (Fsp3) is 0.875. The molecule has 158 valence electrons. The molecule has 28 heavy (non-hydrogen) atoms. The molecule has 0 aliphatic heterocycles. The molecule has 0 spiro atoms. The number of allylic oxidation sites excluding steroid dienone is 2. The molecule has 0 heterocycles. The molecular weight excluding hydrogens is 352 g/mol. The van der Waals surface area contributed by atoms with Gasteiger partial charge in [-0.3, -0.25) is 4.79 Å². The van der Waals surface area contributed by atoms with E-state index in [1.807, 2.05) is 0 Å². The van der Waals surface area contributed by atoms with Gasteiger partial charge in [-0.05, 0) is 91.3 Å². The van der Waals surface area contributed by atoms with E-state index in [1.54, 1.807) is 0 Å². The Kier molecular flexibility index (Phi) is 5.19. The van der Waals surface area contributed by atoms with Crippen LogP contribution in [0.15, 0.2) is 12.2 Å². The van der Waals surface area contributed by atoms with Crippen LogP contribution in [0.2, 0.25) is 0 Å². The van der Waals surface area contributed by atoms with Gasteiger partial charge in [0.2, 0.25) is 0 Å². The maximum absolute atomic E-state index is 11.1. The lowest BCUT2D eigenvalue weighted by atomic mass is 9.46. The van der Waals surface area contributed by atoms with E-state index >= 15 is 0 Å². The van der Waals surface area contributed by atoms with E-state index in [1.165, 1.54) is 12.8 Å². The molecule has 3 fully saturated rings. The molecule has 3 saturated carbocycles. The molecular formula is C24H38O4. The molecule has 4 nitrogen and oxygen atoms in total. The van der Waals surface area contributed by atoms with E-state index in [0.29, 0.717) is 29.6 Å². The fourth-order valence-electron chi connectivity index (χ4n) is 8.15. The van der Waals surface area contributed by atoms with Crippen LogP contribution in [0, 0.1) is 46.3 Å². The number of rotatable bonds is 4. The number of carboxylic acid groups (broad SMARTS) is 1. The van der Waals surface area contributed by atoms with Crippen molar-refractivity contribution in [1.82, 2.24) is 0 Å². The molecule has 10 atom stereocenters. The Morgan fingerprint density at radius 3 is 2.61 bits per heavy atom. The summed E-state index contributed by atoms with van der Waals surface area (Å²) in [5, 5.41) is 30.3. The molecule has 0 aromatic heterocycles. The molecule has 4 aliphatic carbocycles. The fourth-order valence-corrected chi connectivity index (χ4v) is 8.15. The normalized spacial score (nSPS) is 51.1. The van der Waals surface area contributed by atoms with Crippen LogP contribution in [0.3, 0.4) is 0 Å². The van der Waals surface area contributed by atoms with Gasteiger partial charge in [0, 0.05) is 6.42 Å². The van der Waals surface area contributed by atoms with Crippen LogP contribution in [-0.4, -0.2) is 33.5 Å². The van der Waals surface area contributed by atoms with E-state index in [9.17, 15) is 15.0 Å². The first-order valence-electron chi connectivity index (χ1n) is 11.4. The highest BCUT2D eigenvalue weighted by Crippen LogP contribution is 2.66. The zero-order chi connectivity index (χ0) is 20.3. The highest BCUT2D eigenvalue weighted by atomic mass is 16.4. The summed E-state index contributed by atoms with van der Waals surface area (Å²) in [6.07, 6.45) is 11.2. The summed E-state index contributed by atoms with van der Waals surface area (Å²) in [7, 11) is 0. The van der Waals surface area contributed by atoms with Gasteiger partial charge in [0.15, 0.2) is 0 Å². The average Bonchev–Trinajstić information content (AvgIpc) is 2.99. The van der Waals surface area contributed by atoms with Crippen molar-refractivity contribution in [2.24, 2.45) is 46.3 Å². The van der Waals surface area contributed by atoms with Gasteiger partial charge in [0.05, 0.1) is 12.2 Å². The van der Waals surface area contributed by atoms with Crippen molar-refractivity contribution in [2.75, 3.05) is 0 Å². The third-order valence-electron chi connectivity index (χ3n) is 9.66. The number of aliphatic carboxylic acids is 1. The number of aliphatic hydroxyl groups excluding tert-OH is 2. The van der Waals surface area contributed by atoms with Crippen molar-refractivity contribution in [1.29, 1.82) is 0 Å². The maximum atomic E-state index is 11.1. The number of fused-ring (bicyclic) bond motifs is 5. The van der Waals surface area contributed by atoms with Gasteiger partial charge in [0.25, 0.3) is 0 Å². The van der Waals surface area contributed by atoms with Crippen LogP contribution in [-0.2, 0) is 4.79 Å². The summed E-state index contributed by atoms with van der Waals surface area (Å²) in [5.74, 6) is 2.05. The molecule has 0 bridgehead atoms. The second-order valence-corrected chi connectivity index (χ2v) is 11.0. The van der Waals surface area contributed by atoms with Gasteiger partial charge < -0.3 is 15.3 Å². The first kappa shape index (κ1) is 20.4. The van der Waals surface area contributed by atoms with Gasteiger partial charge >= 0.3 is 5.97 Å². The highest BCUT2D eigenvalue weighted by molar-refractivity contribution is 5.66. The quantitative estimate of drug-likeness (QED) is 0.627. The molecule has 3 N–H and O–H groups in total. The molecule has 0 amide bonds. The second kappa shape index (κ2) is 7.12. The first-order chi connectivity index (χ1) is 13.2. The lowest BCUT2D eigenvalue weighted by Crippen LogP contribution is -2.56. The lowest BCUT2D eigenvalue weighted by molar-refractivity contribution is -0.140. The molecule has 0 saturated heterocycles. The number of carbonyl (C=O) groups is 1. The van der Waals surface area contributed by atoms with Gasteiger partial charge in [-0.25, -0.2) is 0 Å². The summed E-state index contributed by atoms with van der Waals surface area (Å²) in [6, 6.07) is 0. The van der Waals surface area contributed by atoms with E-state index < -0.39 is 5.97 Å². The monoisotopic (exact) mass is 390 g/mol. The Labute approximate surface area is 169 Å². The maximum Gasteiger partial charge on any atom is 0.303 e. The van der Waals surface area contributed by atoms with Crippen LogP contribution >= 0.6 is 0 Å². The molecule has 0 unspecified atom stereocenters. The largest absolute Gasteiger partial charge is 0.481 e. The summed E-state index contributed by atoms with van der Waals surface area (Å²) in [5.41, 5.74) is 0.211. The zero-order valence-corrected chi connectivity index (χ0v) is 17.7. The second-order valence-electron chi connectivity index (χ2n) is 11.0. The molecule has 4 aliphatic rings. The standard InChI is InChI=1S/C24H38O4/c1-14(4-7-22(27)28)17-5-6-18-16-13-21(26)20-12-15(25)8-10-24(20,3)19(16)9-11-23(17,18)2/h9,11,14-21,25-26H,4-8,10,12-13H2,1-3H3,(H,27,28)/t14-,15-,16+,17-,18+,19+,20+,21-,23-,24-/m1/s1. The Hall–Kier alpha value is -0.870. The minimum Gasteiger partial charge on any atom is -0.481 e. The van der Waals surface area contributed by atoms with Crippen molar-refractivity contribution in [3.8, 4) is 0 Å². The van der Waals surface area contributed by atoms with Crippen molar-refractivity contribution < 1.29 is 20.1 Å². The van der Waals surface area contributed by atoms with Crippen LogP contribution in [0.4, 0.5) is 0 Å². The molecule has 0 aromatic carbocycles. The van der Waals surface area contributed by atoms with Gasteiger partial charge in [-0.1, -0.05) is 32.9 Å². The predicted octanol–water partition coefficient (Wildman–Crippen LogP) is 4.25. The Morgan fingerprint density at radius 2 is 1.89 bits per heavy atom. The molecule has 0 aromatic rings. The van der Waals surface area contributed by atoms with Gasteiger partial charge in [-0.2, -0.15) is 0 Å². The topological polar surface area (TPSA) is 77.8 Å². The van der Waals surface area contributed by atoms with Gasteiger partial charge in [-0.15, -0.1) is 0 Å².